The number of rotatable bonds is 7. The molecule has 3 rings (SSSR count). The van der Waals surface area contributed by atoms with Gasteiger partial charge in [0.15, 0.2) is 11.5 Å². The molecule has 29 heavy (non-hydrogen) atoms. The molecule has 2 N–H and O–H groups in total. The molecule has 148 valence electrons. The fourth-order valence-electron chi connectivity index (χ4n) is 2.56. The number of hydrogen-bond acceptors (Lipinski definition) is 5. The number of phenolic OH excluding ortho intramolecular Hbond substituents is 1. The quantitative estimate of drug-likeness (QED) is 0.447. The number of hydrogen-bond donors (Lipinski definition) is 2. The van der Waals surface area contributed by atoms with Crippen LogP contribution in [-0.2, 0) is 6.61 Å². The van der Waals surface area contributed by atoms with Crippen LogP contribution in [0.15, 0.2) is 71.8 Å². The predicted molar refractivity (Wildman–Crippen MR) is 112 cm³/mol. The number of benzene rings is 3. The Balaban J connectivity index is 1.68. The molecule has 0 atom stereocenters. The van der Waals surface area contributed by atoms with Gasteiger partial charge in [-0.2, -0.15) is 5.10 Å². The summed E-state index contributed by atoms with van der Waals surface area (Å²) in [6.07, 6.45) is 1.40. The van der Waals surface area contributed by atoms with Gasteiger partial charge in [-0.25, -0.2) is 5.43 Å². The maximum atomic E-state index is 12.5. The summed E-state index contributed by atoms with van der Waals surface area (Å²) in [7, 11) is 1.42. The highest BCUT2D eigenvalue weighted by atomic mass is 35.5. The Morgan fingerprint density at radius 3 is 2.59 bits per heavy atom. The highest BCUT2D eigenvalue weighted by Crippen LogP contribution is 2.34. The molecular weight excluding hydrogens is 392 g/mol. The van der Waals surface area contributed by atoms with Gasteiger partial charge in [-0.1, -0.05) is 54.1 Å². The van der Waals surface area contributed by atoms with Gasteiger partial charge in [0.1, 0.15) is 12.4 Å². The minimum Gasteiger partial charge on any atom is -0.503 e. The standard InChI is InChI=1S/C22H19ClN2O4/c1-28-20-12-16(11-18(23)21(20)26)13-24-25-22(27)17-9-5-6-10-19(17)29-14-15-7-3-2-4-8-15/h2-13,26H,14H2,1H3,(H,25,27)/b24-13+. The second kappa shape index (κ2) is 9.61. The van der Waals surface area contributed by atoms with E-state index in [0.717, 1.165) is 5.56 Å². The van der Waals surface area contributed by atoms with Gasteiger partial charge in [0.05, 0.1) is 23.9 Å². The molecule has 3 aromatic rings. The van der Waals surface area contributed by atoms with Crippen LogP contribution in [0.1, 0.15) is 21.5 Å². The zero-order valence-corrected chi connectivity index (χ0v) is 16.4. The largest absolute Gasteiger partial charge is 0.503 e. The Kier molecular flexibility index (Phi) is 6.71. The molecule has 0 bridgehead atoms. The lowest BCUT2D eigenvalue weighted by Crippen LogP contribution is -2.18. The molecule has 0 unspecified atom stereocenters. The highest BCUT2D eigenvalue weighted by molar-refractivity contribution is 6.32. The fraction of sp³-hybridized carbons (Fsp3) is 0.0909. The number of nitrogens with zero attached hydrogens (tertiary/aromatic N) is 1. The second-order valence-corrected chi connectivity index (χ2v) is 6.43. The topological polar surface area (TPSA) is 80.2 Å². The molecule has 0 saturated carbocycles. The van der Waals surface area contributed by atoms with Crippen LogP contribution in [0.2, 0.25) is 5.02 Å². The average Bonchev–Trinajstić information content (AvgIpc) is 2.75. The number of aromatic hydroxyl groups is 1. The van der Waals surface area contributed by atoms with Gasteiger partial charge in [0, 0.05) is 0 Å². The number of nitrogens with one attached hydrogen (secondary N) is 1. The molecule has 0 heterocycles. The summed E-state index contributed by atoms with van der Waals surface area (Å²) in [5.41, 5.74) is 4.38. The Hall–Kier alpha value is -3.51. The van der Waals surface area contributed by atoms with Crippen LogP contribution in [-0.4, -0.2) is 24.3 Å². The Morgan fingerprint density at radius 2 is 1.83 bits per heavy atom. The van der Waals surface area contributed by atoms with Crippen molar-refractivity contribution in [1.29, 1.82) is 0 Å². The maximum Gasteiger partial charge on any atom is 0.275 e. The summed E-state index contributed by atoms with van der Waals surface area (Å²) < 4.78 is 10.8. The molecule has 0 radical (unpaired) electrons. The van der Waals surface area contributed by atoms with Gasteiger partial charge in [-0.3, -0.25) is 4.79 Å². The first-order valence-electron chi connectivity index (χ1n) is 8.74. The average molecular weight is 411 g/mol. The van der Waals surface area contributed by atoms with Gasteiger partial charge < -0.3 is 14.6 Å². The first-order valence-corrected chi connectivity index (χ1v) is 9.12. The SMILES string of the molecule is COc1cc(/C=N/NC(=O)c2ccccc2OCc2ccccc2)cc(Cl)c1O. The van der Waals surface area contributed by atoms with Crippen molar-refractivity contribution in [2.45, 2.75) is 6.61 Å². The molecule has 6 nitrogen and oxygen atoms in total. The van der Waals surface area contributed by atoms with Crippen molar-refractivity contribution in [3.05, 3.63) is 88.4 Å². The van der Waals surface area contributed by atoms with Gasteiger partial charge in [0.2, 0.25) is 0 Å². The molecule has 0 saturated heterocycles. The van der Waals surface area contributed by atoms with Crippen molar-refractivity contribution in [3.63, 3.8) is 0 Å². The van der Waals surface area contributed by atoms with Crippen molar-refractivity contribution in [2.75, 3.05) is 7.11 Å². The van der Waals surface area contributed by atoms with Crippen LogP contribution in [0, 0.1) is 0 Å². The van der Waals surface area contributed by atoms with E-state index in [0.29, 0.717) is 23.5 Å². The van der Waals surface area contributed by atoms with E-state index in [2.05, 4.69) is 10.5 Å². The third-order valence-electron chi connectivity index (χ3n) is 4.02. The lowest BCUT2D eigenvalue weighted by molar-refractivity contribution is 0.0950. The summed E-state index contributed by atoms with van der Waals surface area (Å²) in [4.78, 5) is 12.5. The highest BCUT2D eigenvalue weighted by Gasteiger charge is 2.12. The van der Waals surface area contributed by atoms with Crippen LogP contribution in [0.4, 0.5) is 0 Å². The molecule has 0 spiro atoms. The van der Waals surface area contributed by atoms with Crippen molar-refractivity contribution >= 4 is 23.7 Å². The van der Waals surface area contributed by atoms with E-state index in [1.807, 2.05) is 30.3 Å². The zero-order chi connectivity index (χ0) is 20.6. The Morgan fingerprint density at radius 1 is 1.10 bits per heavy atom. The second-order valence-electron chi connectivity index (χ2n) is 6.02. The van der Waals surface area contributed by atoms with Crippen molar-refractivity contribution in [1.82, 2.24) is 5.43 Å². The van der Waals surface area contributed by atoms with Crippen molar-refractivity contribution in [3.8, 4) is 17.2 Å². The van der Waals surface area contributed by atoms with Gasteiger partial charge in [-0.05, 0) is 35.4 Å². The monoisotopic (exact) mass is 410 g/mol. The first kappa shape index (κ1) is 20.2. The molecule has 0 aliphatic heterocycles. The van der Waals surface area contributed by atoms with Gasteiger partial charge in [0.25, 0.3) is 5.91 Å². The molecule has 0 aromatic heterocycles. The minimum atomic E-state index is -0.415. The molecule has 3 aromatic carbocycles. The number of halogens is 1. The number of carbonyl (C=O) groups is 1. The number of ether oxygens (including phenoxy) is 2. The third-order valence-corrected chi connectivity index (χ3v) is 4.31. The summed E-state index contributed by atoms with van der Waals surface area (Å²) in [5, 5.41) is 13.8. The summed E-state index contributed by atoms with van der Waals surface area (Å²) in [6.45, 7) is 0.347. The molecule has 1 amide bonds. The van der Waals surface area contributed by atoms with Crippen molar-refractivity contribution in [2.24, 2.45) is 5.10 Å². The number of amides is 1. The summed E-state index contributed by atoms with van der Waals surface area (Å²) in [6, 6.07) is 19.7. The fourth-order valence-corrected chi connectivity index (χ4v) is 2.78. The molecule has 7 heteroatoms. The normalized spacial score (nSPS) is 10.7. The van der Waals surface area contributed by atoms with Crippen LogP contribution in [0.3, 0.4) is 0 Å². The van der Waals surface area contributed by atoms with Gasteiger partial charge >= 0.3 is 0 Å². The lowest BCUT2D eigenvalue weighted by Gasteiger charge is -2.10. The molecule has 0 aliphatic rings. The van der Waals surface area contributed by atoms with Gasteiger partial charge in [-0.15, -0.1) is 0 Å². The van der Waals surface area contributed by atoms with Crippen LogP contribution < -0.4 is 14.9 Å². The van der Waals surface area contributed by atoms with E-state index in [4.69, 9.17) is 21.1 Å². The molecular formula is C22H19ClN2O4. The van der Waals surface area contributed by atoms with Crippen LogP contribution >= 0.6 is 11.6 Å². The van der Waals surface area contributed by atoms with Crippen LogP contribution in [0.25, 0.3) is 0 Å². The number of carbonyl (C=O) groups excluding carboxylic acids is 1. The number of phenols is 1. The van der Waals surface area contributed by atoms with Crippen LogP contribution in [0.5, 0.6) is 17.2 Å². The predicted octanol–water partition coefficient (Wildman–Crippen LogP) is 4.40. The molecule has 0 fully saturated rings. The summed E-state index contributed by atoms with van der Waals surface area (Å²) >= 11 is 5.95. The lowest BCUT2D eigenvalue weighted by atomic mass is 10.2. The van der Waals surface area contributed by atoms with E-state index in [1.54, 1.807) is 30.3 Å². The smallest absolute Gasteiger partial charge is 0.275 e. The van der Waals surface area contributed by atoms with Crippen molar-refractivity contribution < 1.29 is 19.4 Å². The van der Waals surface area contributed by atoms with E-state index in [-0.39, 0.29) is 16.5 Å². The van der Waals surface area contributed by atoms with E-state index >= 15 is 0 Å². The molecule has 0 aliphatic carbocycles. The third kappa shape index (κ3) is 5.27. The zero-order valence-electron chi connectivity index (χ0n) is 15.6. The Bertz CT molecular complexity index is 1020. The first-order chi connectivity index (χ1) is 14.1. The minimum absolute atomic E-state index is 0.122. The maximum absolute atomic E-state index is 12.5. The number of methoxy groups -OCH3 is 1. The van der Waals surface area contributed by atoms with E-state index in [1.165, 1.54) is 19.4 Å². The van der Waals surface area contributed by atoms with E-state index in [9.17, 15) is 9.90 Å². The number of para-hydroxylation sites is 1. The van der Waals surface area contributed by atoms with E-state index < -0.39 is 5.91 Å². The Labute approximate surface area is 173 Å². The summed E-state index contributed by atoms with van der Waals surface area (Å²) in [5.74, 6) is 0.102. The number of hydrazone groups is 1.